The summed E-state index contributed by atoms with van der Waals surface area (Å²) in [7, 11) is 0. The average molecular weight is 229 g/mol. The minimum absolute atomic E-state index is 0.0530. The Morgan fingerprint density at radius 2 is 2.53 bits per heavy atom. The minimum atomic E-state index is -0.0530. The van der Waals surface area contributed by atoms with Gasteiger partial charge in [0.05, 0.1) is 11.8 Å². The van der Waals surface area contributed by atoms with Gasteiger partial charge in [-0.25, -0.2) is 0 Å². The molecule has 82 valence electrons. The summed E-state index contributed by atoms with van der Waals surface area (Å²) in [5.74, 6) is -0.0530. The van der Waals surface area contributed by atoms with Crippen molar-refractivity contribution in [1.29, 1.82) is 0 Å². The normalized spacial score (nSPS) is 21.7. The number of nitrogens with zero attached hydrogens (tertiary/aromatic N) is 1. The molecule has 1 unspecified atom stereocenters. The number of hydrogen-bond acceptors (Lipinski definition) is 3. The van der Waals surface area contributed by atoms with Crippen molar-refractivity contribution in [1.82, 2.24) is 10.2 Å². The highest BCUT2D eigenvalue weighted by atomic mass is 35.5. The topological polar surface area (TPSA) is 45.5 Å². The third-order valence-corrected chi connectivity index (χ3v) is 2.90. The molecule has 1 aliphatic rings. The maximum atomic E-state index is 12.0. The Kier molecular flexibility index (Phi) is 2.98. The smallest absolute Gasteiger partial charge is 0.259 e. The van der Waals surface area contributed by atoms with E-state index in [2.05, 4.69) is 5.32 Å². The molecule has 1 amide bonds. The van der Waals surface area contributed by atoms with Crippen molar-refractivity contribution in [3.05, 3.63) is 23.1 Å². The van der Waals surface area contributed by atoms with Crippen LogP contribution >= 0.6 is 11.6 Å². The van der Waals surface area contributed by atoms with Crippen molar-refractivity contribution in [2.45, 2.75) is 13.0 Å². The van der Waals surface area contributed by atoms with Crippen molar-refractivity contribution in [2.24, 2.45) is 0 Å². The van der Waals surface area contributed by atoms with E-state index in [1.54, 1.807) is 6.07 Å². The summed E-state index contributed by atoms with van der Waals surface area (Å²) in [6.07, 6.45) is 1.43. The first kappa shape index (κ1) is 10.5. The van der Waals surface area contributed by atoms with Gasteiger partial charge in [0.1, 0.15) is 0 Å². The zero-order chi connectivity index (χ0) is 10.8. The Morgan fingerprint density at radius 1 is 1.73 bits per heavy atom. The number of amides is 1. The van der Waals surface area contributed by atoms with Gasteiger partial charge in [-0.15, -0.1) is 0 Å². The zero-order valence-corrected chi connectivity index (χ0v) is 9.25. The molecule has 0 spiro atoms. The molecule has 0 aliphatic carbocycles. The number of carbonyl (C=O) groups excluding carboxylic acids is 1. The van der Waals surface area contributed by atoms with Crippen LogP contribution in [0.2, 0.25) is 5.22 Å². The van der Waals surface area contributed by atoms with Gasteiger partial charge < -0.3 is 14.6 Å². The first-order chi connectivity index (χ1) is 7.20. The lowest BCUT2D eigenvalue weighted by Gasteiger charge is -2.33. The van der Waals surface area contributed by atoms with E-state index >= 15 is 0 Å². The molecule has 1 N–H and O–H groups in total. The number of carbonyl (C=O) groups is 1. The molecule has 0 aromatic carbocycles. The number of hydrogen-bond donors (Lipinski definition) is 1. The molecule has 15 heavy (non-hydrogen) atoms. The molecule has 0 saturated carbocycles. The fraction of sp³-hybridized carbons (Fsp3) is 0.500. The predicted octanol–water partition coefficient (Wildman–Crippen LogP) is 1.37. The van der Waals surface area contributed by atoms with Crippen LogP contribution in [-0.4, -0.2) is 36.5 Å². The highest BCUT2D eigenvalue weighted by Gasteiger charge is 2.26. The molecule has 1 atom stereocenters. The maximum absolute atomic E-state index is 12.0. The van der Waals surface area contributed by atoms with E-state index in [1.165, 1.54) is 6.26 Å². The maximum Gasteiger partial charge on any atom is 0.259 e. The van der Waals surface area contributed by atoms with Crippen LogP contribution in [0.1, 0.15) is 17.3 Å². The van der Waals surface area contributed by atoms with Crippen LogP contribution in [0.3, 0.4) is 0 Å². The van der Waals surface area contributed by atoms with Crippen molar-refractivity contribution in [3.8, 4) is 0 Å². The summed E-state index contributed by atoms with van der Waals surface area (Å²) in [6, 6.07) is 1.80. The number of halogens is 1. The Balaban J connectivity index is 2.17. The van der Waals surface area contributed by atoms with Crippen molar-refractivity contribution in [3.63, 3.8) is 0 Å². The third-order valence-electron chi connectivity index (χ3n) is 2.61. The van der Waals surface area contributed by atoms with Crippen LogP contribution in [0.25, 0.3) is 0 Å². The quantitative estimate of drug-likeness (QED) is 0.790. The predicted molar refractivity (Wildman–Crippen MR) is 57.1 cm³/mol. The van der Waals surface area contributed by atoms with Crippen molar-refractivity contribution >= 4 is 17.5 Å². The van der Waals surface area contributed by atoms with E-state index in [-0.39, 0.29) is 17.2 Å². The van der Waals surface area contributed by atoms with Gasteiger partial charge >= 0.3 is 0 Å². The van der Waals surface area contributed by atoms with Crippen LogP contribution in [0.15, 0.2) is 16.7 Å². The lowest BCUT2D eigenvalue weighted by molar-refractivity contribution is 0.0655. The second-order valence-electron chi connectivity index (χ2n) is 3.66. The van der Waals surface area contributed by atoms with E-state index in [4.69, 9.17) is 16.0 Å². The fourth-order valence-electron chi connectivity index (χ4n) is 1.74. The van der Waals surface area contributed by atoms with Gasteiger partial charge in [0, 0.05) is 25.7 Å². The Morgan fingerprint density at radius 3 is 3.13 bits per heavy atom. The molecule has 5 heteroatoms. The Bertz CT molecular complexity index is 364. The molecule has 1 aromatic rings. The molecule has 4 nitrogen and oxygen atoms in total. The van der Waals surface area contributed by atoms with Crippen molar-refractivity contribution in [2.75, 3.05) is 19.6 Å². The van der Waals surface area contributed by atoms with E-state index in [9.17, 15) is 4.79 Å². The first-order valence-corrected chi connectivity index (χ1v) is 5.32. The molecule has 0 bridgehead atoms. The third kappa shape index (κ3) is 2.01. The lowest BCUT2D eigenvalue weighted by atomic mass is 10.2. The van der Waals surface area contributed by atoms with Crippen LogP contribution in [0.5, 0.6) is 0 Å². The monoisotopic (exact) mass is 228 g/mol. The molecule has 1 aromatic heterocycles. The van der Waals surface area contributed by atoms with Crippen molar-refractivity contribution < 1.29 is 9.21 Å². The van der Waals surface area contributed by atoms with Gasteiger partial charge in [-0.1, -0.05) is 0 Å². The molecule has 1 saturated heterocycles. The van der Waals surface area contributed by atoms with Gasteiger partial charge in [0.15, 0.2) is 0 Å². The summed E-state index contributed by atoms with van der Waals surface area (Å²) in [4.78, 5) is 13.9. The highest BCUT2D eigenvalue weighted by Crippen LogP contribution is 2.20. The number of furan rings is 1. The van der Waals surface area contributed by atoms with Gasteiger partial charge in [-0.2, -0.15) is 0 Å². The SMILES string of the molecule is CC1CNCCN1C(=O)c1ccoc1Cl. The van der Waals surface area contributed by atoms with E-state index in [1.807, 2.05) is 11.8 Å². The summed E-state index contributed by atoms with van der Waals surface area (Å²) < 4.78 is 4.91. The molecule has 0 radical (unpaired) electrons. The highest BCUT2D eigenvalue weighted by molar-refractivity contribution is 6.32. The summed E-state index contributed by atoms with van der Waals surface area (Å²) in [5, 5.41) is 3.40. The van der Waals surface area contributed by atoms with Crippen LogP contribution in [-0.2, 0) is 0 Å². The van der Waals surface area contributed by atoms with Crippen LogP contribution in [0, 0.1) is 0 Å². The summed E-state index contributed by atoms with van der Waals surface area (Å²) in [6.45, 7) is 4.37. The summed E-state index contributed by atoms with van der Waals surface area (Å²) >= 11 is 5.77. The first-order valence-electron chi connectivity index (χ1n) is 4.95. The number of nitrogens with one attached hydrogen (secondary N) is 1. The van der Waals surface area contributed by atoms with E-state index in [0.717, 1.165) is 13.1 Å². The standard InChI is InChI=1S/C10H13ClN2O2/c1-7-6-12-3-4-13(7)10(14)8-2-5-15-9(8)11/h2,5,7,12H,3-4,6H2,1H3. The second kappa shape index (κ2) is 4.24. The number of piperazine rings is 1. The Labute approximate surface area is 93.2 Å². The number of rotatable bonds is 1. The largest absolute Gasteiger partial charge is 0.452 e. The second-order valence-corrected chi connectivity index (χ2v) is 4.00. The fourth-order valence-corrected chi connectivity index (χ4v) is 1.94. The van der Waals surface area contributed by atoms with Gasteiger partial charge in [-0.05, 0) is 24.6 Å². The van der Waals surface area contributed by atoms with Gasteiger partial charge in [0.25, 0.3) is 5.91 Å². The van der Waals surface area contributed by atoms with E-state index in [0.29, 0.717) is 12.1 Å². The molecule has 2 heterocycles. The van der Waals surface area contributed by atoms with Crippen LogP contribution < -0.4 is 5.32 Å². The molecule has 1 aliphatic heterocycles. The summed E-state index contributed by atoms with van der Waals surface area (Å²) in [5.41, 5.74) is 0.449. The van der Waals surface area contributed by atoms with Gasteiger partial charge in [-0.3, -0.25) is 4.79 Å². The minimum Gasteiger partial charge on any atom is -0.452 e. The lowest BCUT2D eigenvalue weighted by Crippen LogP contribution is -2.52. The van der Waals surface area contributed by atoms with Crippen LogP contribution in [0.4, 0.5) is 0 Å². The zero-order valence-electron chi connectivity index (χ0n) is 8.50. The average Bonchev–Trinajstić information content (AvgIpc) is 2.64. The van der Waals surface area contributed by atoms with E-state index < -0.39 is 0 Å². The molecule has 2 rings (SSSR count). The Hall–Kier alpha value is -1.00. The molecule has 1 fully saturated rings. The van der Waals surface area contributed by atoms with Gasteiger partial charge in [0.2, 0.25) is 5.22 Å². The molecular weight excluding hydrogens is 216 g/mol. The molecular formula is C10H13ClN2O2.